The number of aromatic amines is 1. The van der Waals surface area contributed by atoms with Gasteiger partial charge in [0.05, 0.1) is 0 Å². The summed E-state index contributed by atoms with van der Waals surface area (Å²) in [6, 6.07) is 0.395. The Balaban J connectivity index is 2.69. The van der Waals surface area contributed by atoms with Crippen LogP contribution >= 0.6 is 11.8 Å². The number of nitrogens with one attached hydrogen (secondary N) is 2. The molecule has 0 aromatic carbocycles. The second-order valence-corrected chi connectivity index (χ2v) is 5.07. The maximum absolute atomic E-state index is 11.4. The molecule has 16 heavy (non-hydrogen) atoms. The largest absolute Gasteiger partial charge is 0.343 e. The summed E-state index contributed by atoms with van der Waals surface area (Å²) in [6.45, 7) is 9.91. The normalized spacial score (nSPS) is 15.0. The van der Waals surface area contributed by atoms with Gasteiger partial charge < -0.3 is 5.32 Å². The molecule has 1 heterocycles. The highest BCUT2D eigenvalue weighted by Crippen LogP contribution is 2.21. The minimum Gasteiger partial charge on any atom is -0.313 e. The highest BCUT2D eigenvalue weighted by Gasteiger charge is 2.16. The third-order valence-electron chi connectivity index (χ3n) is 2.56. The van der Waals surface area contributed by atoms with Crippen LogP contribution in [0.2, 0.25) is 0 Å². The van der Waals surface area contributed by atoms with Crippen molar-refractivity contribution in [3.63, 3.8) is 0 Å². The van der Waals surface area contributed by atoms with Crippen LogP contribution in [0.1, 0.15) is 27.7 Å². The zero-order chi connectivity index (χ0) is 12.1. The van der Waals surface area contributed by atoms with Crippen LogP contribution in [-0.2, 0) is 6.54 Å². The average molecular weight is 244 g/mol. The predicted octanol–water partition coefficient (Wildman–Crippen LogP) is 1.07. The fourth-order valence-corrected chi connectivity index (χ4v) is 2.50. The van der Waals surface area contributed by atoms with Crippen LogP contribution in [0, 0.1) is 0 Å². The summed E-state index contributed by atoms with van der Waals surface area (Å²) in [6.07, 6.45) is 0. The highest BCUT2D eigenvalue weighted by atomic mass is 32.2. The first-order valence-electron chi connectivity index (χ1n) is 5.65. The molecule has 2 N–H and O–H groups in total. The Labute approximate surface area is 100 Å². The van der Waals surface area contributed by atoms with Gasteiger partial charge in [0.2, 0.25) is 0 Å². The van der Waals surface area contributed by atoms with Gasteiger partial charge in [-0.15, -0.1) is 5.10 Å². The molecule has 1 aromatic rings. The Bertz CT molecular complexity index is 373. The molecule has 0 aliphatic heterocycles. The van der Waals surface area contributed by atoms with Crippen LogP contribution in [0.4, 0.5) is 0 Å². The summed E-state index contributed by atoms with van der Waals surface area (Å²) in [7, 11) is 0. The predicted molar refractivity (Wildman–Crippen MR) is 67.0 cm³/mol. The summed E-state index contributed by atoms with van der Waals surface area (Å²) in [5.74, 6) is 0. The van der Waals surface area contributed by atoms with E-state index in [1.807, 2.05) is 6.92 Å². The molecule has 0 aliphatic carbocycles. The van der Waals surface area contributed by atoms with E-state index in [1.54, 1.807) is 16.3 Å². The van der Waals surface area contributed by atoms with Crippen molar-refractivity contribution >= 4 is 11.8 Å². The summed E-state index contributed by atoms with van der Waals surface area (Å²) in [5.41, 5.74) is -0.131. The molecule has 5 nitrogen and oxygen atoms in total. The molecular weight excluding hydrogens is 224 g/mol. The molecule has 1 rings (SSSR count). The number of nitrogens with zero attached hydrogens (tertiary/aromatic N) is 2. The Morgan fingerprint density at radius 3 is 2.75 bits per heavy atom. The standard InChI is InChI=1S/C10H20N4OS/c1-5-11-7(3)8(4)16-10-13-12-9(15)14(10)6-2/h7-8,11H,5-6H2,1-4H3,(H,12,15). The van der Waals surface area contributed by atoms with E-state index in [0.717, 1.165) is 11.7 Å². The Morgan fingerprint density at radius 2 is 2.19 bits per heavy atom. The molecule has 92 valence electrons. The van der Waals surface area contributed by atoms with E-state index in [2.05, 4.69) is 36.3 Å². The van der Waals surface area contributed by atoms with E-state index in [9.17, 15) is 4.79 Å². The number of hydrogen-bond donors (Lipinski definition) is 2. The zero-order valence-electron chi connectivity index (χ0n) is 10.3. The van der Waals surface area contributed by atoms with Gasteiger partial charge in [-0.2, -0.15) is 0 Å². The van der Waals surface area contributed by atoms with Crippen LogP contribution in [0.25, 0.3) is 0 Å². The van der Waals surface area contributed by atoms with Gasteiger partial charge in [-0.25, -0.2) is 9.89 Å². The maximum atomic E-state index is 11.4. The van der Waals surface area contributed by atoms with Gasteiger partial charge in [0.25, 0.3) is 0 Å². The van der Waals surface area contributed by atoms with Crippen LogP contribution in [0.5, 0.6) is 0 Å². The fourth-order valence-electron chi connectivity index (χ4n) is 1.43. The molecule has 2 atom stereocenters. The number of thioether (sulfide) groups is 1. The monoisotopic (exact) mass is 244 g/mol. The summed E-state index contributed by atoms with van der Waals surface area (Å²) >= 11 is 1.62. The molecule has 1 aromatic heterocycles. The Kier molecular flexibility index (Phi) is 5.08. The van der Waals surface area contributed by atoms with Crippen molar-refractivity contribution in [2.75, 3.05) is 6.54 Å². The fraction of sp³-hybridized carbons (Fsp3) is 0.800. The van der Waals surface area contributed by atoms with Crippen LogP contribution in [0.3, 0.4) is 0 Å². The number of aromatic nitrogens is 3. The van der Waals surface area contributed by atoms with E-state index < -0.39 is 0 Å². The zero-order valence-corrected chi connectivity index (χ0v) is 11.1. The lowest BCUT2D eigenvalue weighted by Crippen LogP contribution is -2.33. The smallest absolute Gasteiger partial charge is 0.313 e. The maximum Gasteiger partial charge on any atom is 0.343 e. The van der Waals surface area contributed by atoms with Gasteiger partial charge in [-0.3, -0.25) is 4.57 Å². The van der Waals surface area contributed by atoms with Gasteiger partial charge in [0, 0.05) is 17.8 Å². The van der Waals surface area contributed by atoms with Gasteiger partial charge in [-0.05, 0) is 20.4 Å². The molecule has 0 radical (unpaired) electrons. The second kappa shape index (κ2) is 6.10. The van der Waals surface area contributed by atoms with Crippen molar-refractivity contribution in [2.24, 2.45) is 0 Å². The number of hydrogen-bond acceptors (Lipinski definition) is 4. The van der Waals surface area contributed by atoms with Gasteiger partial charge >= 0.3 is 5.69 Å². The summed E-state index contributed by atoms with van der Waals surface area (Å²) in [4.78, 5) is 11.4. The molecule has 0 amide bonds. The first-order valence-corrected chi connectivity index (χ1v) is 6.53. The van der Waals surface area contributed by atoms with Crippen molar-refractivity contribution in [1.82, 2.24) is 20.1 Å². The molecular formula is C10H20N4OS. The lowest BCUT2D eigenvalue weighted by atomic mass is 10.2. The second-order valence-electron chi connectivity index (χ2n) is 3.72. The summed E-state index contributed by atoms with van der Waals surface area (Å²) < 4.78 is 1.65. The Hall–Kier alpha value is -0.750. The van der Waals surface area contributed by atoms with E-state index in [0.29, 0.717) is 17.8 Å². The SMILES string of the molecule is CCNC(C)C(C)Sc1n[nH]c(=O)n1CC. The molecule has 0 fully saturated rings. The molecule has 0 saturated heterocycles. The Morgan fingerprint density at radius 1 is 1.50 bits per heavy atom. The third-order valence-corrected chi connectivity index (χ3v) is 3.86. The van der Waals surface area contributed by atoms with Gasteiger partial charge in [0.15, 0.2) is 5.16 Å². The molecule has 0 aliphatic rings. The van der Waals surface area contributed by atoms with Crippen molar-refractivity contribution in [2.45, 2.75) is 50.7 Å². The molecule has 0 bridgehead atoms. The van der Waals surface area contributed by atoms with E-state index >= 15 is 0 Å². The molecule has 6 heteroatoms. The minimum atomic E-state index is -0.131. The highest BCUT2D eigenvalue weighted by molar-refractivity contribution is 7.99. The minimum absolute atomic E-state index is 0.131. The number of rotatable bonds is 6. The third kappa shape index (κ3) is 3.12. The average Bonchev–Trinajstić information content (AvgIpc) is 2.59. The van der Waals surface area contributed by atoms with Gasteiger partial charge in [0.1, 0.15) is 0 Å². The van der Waals surface area contributed by atoms with E-state index in [1.165, 1.54) is 0 Å². The van der Waals surface area contributed by atoms with Gasteiger partial charge in [-0.1, -0.05) is 25.6 Å². The lowest BCUT2D eigenvalue weighted by Gasteiger charge is -2.19. The summed E-state index contributed by atoms with van der Waals surface area (Å²) in [5, 5.41) is 11.0. The van der Waals surface area contributed by atoms with Crippen LogP contribution in [0.15, 0.2) is 9.95 Å². The van der Waals surface area contributed by atoms with Crippen molar-refractivity contribution in [3.05, 3.63) is 10.5 Å². The van der Waals surface area contributed by atoms with E-state index in [-0.39, 0.29) is 5.69 Å². The molecule has 0 spiro atoms. The van der Waals surface area contributed by atoms with Crippen LogP contribution < -0.4 is 11.0 Å². The topological polar surface area (TPSA) is 62.7 Å². The van der Waals surface area contributed by atoms with E-state index in [4.69, 9.17) is 0 Å². The molecule has 2 unspecified atom stereocenters. The van der Waals surface area contributed by atoms with Crippen molar-refractivity contribution in [3.8, 4) is 0 Å². The van der Waals surface area contributed by atoms with Crippen molar-refractivity contribution in [1.29, 1.82) is 0 Å². The van der Waals surface area contributed by atoms with Crippen LogP contribution in [-0.4, -0.2) is 32.6 Å². The molecule has 0 saturated carbocycles. The quantitative estimate of drug-likeness (QED) is 0.735. The van der Waals surface area contributed by atoms with Crippen molar-refractivity contribution < 1.29 is 0 Å². The lowest BCUT2D eigenvalue weighted by molar-refractivity contribution is 0.560. The number of H-pyrrole nitrogens is 1. The first-order chi connectivity index (χ1) is 7.60. The first kappa shape index (κ1) is 13.3.